The van der Waals surface area contributed by atoms with E-state index in [9.17, 15) is 9.18 Å². The lowest BCUT2D eigenvalue weighted by atomic mass is 9.97. The Bertz CT molecular complexity index is 765. The maximum Gasteiger partial charge on any atom is 0.318 e. The molecule has 0 aliphatic carbocycles. The number of piperidine rings is 1. The highest BCUT2D eigenvalue weighted by molar-refractivity contribution is 5.75. The largest absolute Gasteiger partial charge is 0.490 e. The van der Waals surface area contributed by atoms with Gasteiger partial charge in [0, 0.05) is 23.9 Å². The van der Waals surface area contributed by atoms with Crippen LogP contribution in [0, 0.1) is 5.82 Å². The minimum absolute atomic E-state index is 0.0245. The van der Waals surface area contributed by atoms with E-state index in [4.69, 9.17) is 4.74 Å². The molecule has 3 heterocycles. The smallest absolute Gasteiger partial charge is 0.318 e. The number of carbonyl (C=O) groups is 1. The zero-order valence-electron chi connectivity index (χ0n) is 14.6. The van der Waals surface area contributed by atoms with Crippen LogP contribution >= 0.6 is 0 Å². The predicted molar refractivity (Wildman–Crippen MR) is 94.3 cm³/mol. The second-order valence-electron chi connectivity index (χ2n) is 6.89. The molecule has 2 atom stereocenters. The number of hydrogen-bond acceptors (Lipinski definition) is 3. The monoisotopic (exact) mass is 358 g/mol. The number of urea groups is 1. The number of nitrogens with zero attached hydrogens (tertiary/aromatic N) is 2. The quantitative estimate of drug-likeness (QED) is 0.860. The second-order valence-corrected chi connectivity index (χ2v) is 6.89. The molecule has 4 rings (SSSR count). The van der Waals surface area contributed by atoms with E-state index in [-0.39, 0.29) is 29.7 Å². The highest BCUT2D eigenvalue weighted by Gasteiger charge is 2.31. The van der Waals surface area contributed by atoms with Gasteiger partial charge in [0.05, 0.1) is 24.9 Å². The van der Waals surface area contributed by atoms with Gasteiger partial charge < -0.3 is 15.0 Å². The molecule has 0 spiro atoms. The molecule has 2 amide bonds. The van der Waals surface area contributed by atoms with Gasteiger partial charge in [-0.2, -0.15) is 5.10 Å². The van der Waals surface area contributed by atoms with E-state index in [1.807, 2.05) is 17.2 Å². The summed E-state index contributed by atoms with van der Waals surface area (Å²) < 4.78 is 19.7. The van der Waals surface area contributed by atoms with Gasteiger partial charge in [-0.3, -0.25) is 5.10 Å². The van der Waals surface area contributed by atoms with E-state index in [0.29, 0.717) is 18.7 Å². The van der Waals surface area contributed by atoms with Crippen LogP contribution in [-0.4, -0.2) is 34.3 Å². The summed E-state index contributed by atoms with van der Waals surface area (Å²) in [6.07, 6.45) is 8.12. The minimum atomic E-state index is -0.377. The summed E-state index contributed by atoms with van der Waals surface area (Å²) >= 11 is 0. The van der Waals surface area contributed by atoms with E-state index < -0.39 is 0 Å². The van der Waals surface area contributed by atoms with Crippen molar-refractivity contribution in [1.82, 2.24) is 20.4 Å². The summed E-state index contributed by atoms with van der Waals surface area (Å²) in [4.78, 5) is 14.9. The van der Waals surface area contributed by atoms with E-state index in [1.165, 1.54) is 6.07 Å². The topological polar surface area (TPSA) is 70.2 Å². The van der Waals surface area contributed by atoms with Crippen LogP contribution in [0.1, 0.15) is 55.3 Å². The van der Waals surface area contributed by atoms with Crippen LogP contribution in [0.3, 0.4) is 0 Å². The van der Waals surface area contributed by atoms with Gasteiger partial charge >= 0.3 is 6.03 Å². The summed E-state index contributed by atoms with van der Waals surface area (Å²) in [5.74, 6) is -0.113. The molecule has 7 heteroatoms. The van der Waals surface area contributed by atoms with Crippen molar-refractivity contribution in [2.45, 2.75) is 44.2 Å². The Hall–Kier alpha value is -2.57. The Balaban J connectivity index is 1.55. The SMILES string of the molecule is O=C(NC1CCCOc2c(F)cccc21)N1CCCCC1c1cn[nH]c1. The average Bonchev–Trinajstić information content (AvgIpc) is 3.12. The number of para-hydroxylation sites is 1. The van der Waals surface area contributed by atoms with Crippen molar-refractivity contribution in [1.29, 1.82) is 0 Å². The number of fused-ring (bicyclic) bond motifs is 1. The first-order chi connectivity index (χ1) is 12.7. The first kappa shape index (κ1) is 16.9. The molecule has 2 N–H and O–H groups in total. The maximum absolute atomic E-state index is 14.1. The lowest BCUT2D eigenvalue weighted by Crippen LogP contribution is -2.45. The lowest BCUT2D eigenvalue weighted by molar-refractivity contribution is 0.148. The average molecular weight is 358 g/mol. The van der Waals surface area contributed by atoms with Crippen LogP contribution in [0.4, 0.5) is 9.18 Å². The molecule has 138 valence electrons. The first-order valence-corrected chi connectivity index (χ1v) is 9.21. The highest BCUT2D eigenvalue weighted by Crippen LogP contribution is 2.35. The Morgan fingerprint density at radius 3 is 3.08 bits per heavy atom. The van der Waals surface area contributed by atoms with Crippen LogP contribution in [-0.2, 0) is 0 Å². The lowest BCUT2D eigenvalue weighted by Gasteiger charge is -2.36. The number of aromatic amines is 1. The van der Waals surface area contributed by atoms with E-state index >= 15 is 0 Å². The number of H-pyrrole nitrogens is 1. The number of hydrogen-bond donors (Lipinski definition) is 2. The fourth-order valence-electron chi connectivity index (χ4n) is 3.92. The zero-order chi connectivity index (χ0) is 17.9. The van der Waals surface area contributed by atoms with Gasteiger partial charge in [0.15, 0.2) is 11.6 Å². The number of carbonyl (C=O) groups excluding carboxylic acids is 1. The summed E-state index contributed by atoms with van der Waals surface area (Å²) in [6, 6.07) is 4.55. The van der Waals surface area contributed by atoms with Gasteiger partial charge in [0.1, 0.15) is 0 Å². The molecule has 1 aromatic carbocycles. The molecule has 26 heavy (non-hydrogen) atoms. The molecular weight excluding hydrogens is 335 g/mol. The van der Waals surface area contributed by atoms with Crippen molar-refractivity contribution >= 4 is 6.03 Å². The maximum atomic E-state index is 14.1. The van der Waals surface area contributed by atoms with Crippen LogP contribution < -0.4 is 10.1 Å². The fraction of sp³-hybridized carbons (Fsp3) is 0.474. The number of benzene rings is 1. The number of halogens is 1. The van der Waals surface area contributed by atoms with Crippen molar-refractivity contribution < 1.29 is 13.9 Å². The van der Waals surface area contributed by atoms with Gasteiger partial charge in [-0.1, -0.05) is 12.1 Å². The number of amides is 2. The number of rotatable bonds is 2. The summed E-state index contributed by atoms with van der Waals surface area (Å²) in [5, 5.41) is 9.96. The molecule has 0 saturated carbocycles. The third-order valence-corrected chi connectivity index (χ3v) is 5.22. The molecule has 1 fully saturated rings. The van der Waals surface area contributed by atoms with E-state index in [0.717, 1.165) is 37.7 Å². The highest BCUT2D eigenvalue weighted by atomic mass is 19.1. The van der Waals surface area contributed by atoms with Gasteiger partial charge in [-0.05, 0) is 38.2 Å². The molecule has 2 aromatic rings. The third kappa shape index (κ3) is 3.25. The summed E-state index contributed by atoms with van der Waals surface area (Å²) in [5.41, 5.74) is 1.74. The van der Waals surface area contributed by atoms with Gasteiger partial charge in [0.2, 0.25) is 0 Å². The molecular formula is C19H23FN4O2. The molecule has 6 nitrogen and oxygen atoms in total. The normalized spacial score (nSPS) is 22.9. The molecule has 2 unspecified atom stereocenters. The standard InChI is InChI=1S/C19H23FN4O2/c20-15-6-3-5-14-16(7-4-10-26-18(14)15)23-19(25)24-9-2-1-8-17(24)13-11-21-22-12-13/h3,5-6,11-12,16-17H,1-2,4,7-10H2,(H,21,22)(H,23,25). The van der Waals surface area contributed by atoms with Gasteiger partial charge in [0.25, 0.3) is 0 Å². The van der Waals surface area contributed by atoms with Crippen molar-refractivity contribution in [2.24, 2.45) is 0 Å². The fourth-order valence-corrected chi connectivity index (χ4v) is 3.92. The van der Waals surface area contributed by atoms with Crippen molar-refractivity contribution in [2.75, 3.05) is 13.2 Å². The van der Waals surface area contributed by atoms with Gasteiger partial charge in [-0.15, -0.1) is 0 Å². The van der Waals surface area contributed by atoms with Crippen LogP contribution in [0.25, 0.3) is 0 Å². The Morgan fingerprint density at radius 2 is 2.23 bits per heavy atom. The molecule has 1 saturated heterocycles. The van der Waals surface area contributed by atoms with Crippen LogP contribution in [0.5, 0.6) is 5.75 Å². The number of likely N-dealkylation sites (tertiary alicyclic amines) is 1. The molecule has 0 bridgehead atoms. The van der Waals surface area contributed by atoms with Gasteiger partial charge in [-0.25, -0.2) is 9.18 Å². The summed E-state index contributed by atoms with van der Waals surface area (Å²) in [6.45, 7) is 1.17. The van der Waals surface area contributed by atoms with Crippen LogP contribution in [0.2, 0.25) is 0 Å². The molecule has 1 aromatic heterocycles. The van der Waals surface area contributed by atoms with Crippen LogP contribution in [0.15, 0.2) is 30.6 Å². The Labute approximate surface area is 151 Å². The number of ether oxygens (including phenoxy) is 1. The number of nitrogens with one attached hydrogen (secondary N) is 2. The Morgan fingerprint density at radius 1 is 1.31 bits per heavy atom. The van der Waals surface area contributed by atoms with Crippen molar-refractivity contribution in [3.8, 4) is 5.75 Å². The number of aromatic nitrogens is 2. The minimum Gasteiger partial charge on any atom is -0.490 e. The van der Waals surface area contributed by atoms with E-state index in [1.54, 1.807) is 12.3 Å². The molecule has 2 aliphatic heterocycles. The van der Waals surface area contributed by atoms with E-state index in [2.05, 4.69) is 15.5 Å². The first-order valence-electron chi connectivity index (χ1n) is 9.21. The zero-order valence-corrected chi connectivity index (χ0v) is 14.6. The third-order valence-electron chi connectivity index (χ3n) is 5.22. The second kappa shape index (κ2) is 7.35. The van der Waals surface area contributed by atoms with Crippen molar-refractivity contribution in [3.63, 3.8) is 0 Å². The molecule has 2 aliphatic rings. The summed E-state index contributed by atoms with van der Waals surface area (Å²) in [7, 11) is 0. The van der Waals surface area contributed by atoms with Crippen molar-refractivity contribution in [3.05, 3.63) is 47.5 Å². The predicted octanol–water partition coefficient (Wildman–Crippen LogP) is 3.70. The Kier molecular flexibility index (Phi) is 4.77. The molecule has 0 radical (unpaired) electrons.